The average molecular weight is 489 g/mol. The number of hydrogen-bond acceptors (Lipinski definition) is 7. The molecule has 0 N–H and O–H groups in total. The van der Waals surface area contributed by atoms with Crippen LogP contribution in [0.4, 0.5) is 5.69 Å². The molecule has 3 aromatic rings. The molecule has 4 heterocycles. The lowest BCUT2D eigenvalue weighted by Crippen LogP contribution is -2.68. The Morgan fingerprint density at radius 2 is 1.69 bits per heavy atom. The number of fused-ring (bicyclic) bond motifs is 6. The van der Waals surface area contributed by atoms with Crippen molar-refractivity contribution in [2.45, 2.75) is 37.1 Å². The number of rotatable bonds is 1. The van der Waals surface area contributed by atoms with E-state index in [1.807, 2.05) is 23.1 Å². The van der Waals surface area contributed by atoms with Crippen LogP contribution < -0.4 is 28.1 Å². The molecule has 0 fully saturated rings. The summed E-state index contributed by atoms with van der Waals surface area (Å²) in [7, 11) is -4.94. The quantitative estimate of drug-likeness (QED) is 0.478. The Morgan fingerprint density at radius 3 is 2.53 bits per heavy atom. The third kappa shape index (κ3) is 4.45. The molecule has 9 heteroatoms. The first-order valence-electron chi connectivity index (χ1n) is 10.4. The highest BCUT2D eigenvalue weighted by Crippen LogP contribution is 2.50. The largest absolute Gasteiger partial charge is 0.335 e. The minimum absolute atomic E-state index is 1.15. The summed E-state index contributed by atoms with van der Waals surface area (Å²) in [6.45, 7) is 2.30. The molecule has 0 radical (unpaired) electrons. The normalized spacial score (nSPS) is 18.9. The number of thiazole rings is 1. The number of anilines is 1. The number of halogens is 1. The Balaban J connectivity index is 0.000000393. The van der Waals surface area contributed by atoms with Gasteiger partial charge in [0.2, 0.25) is 5.52 Å². The predicted molar refractivity (Wildman–Crippen MR) is 115 cm³/mol. The fourth-order valence-corrected chi connectivity index (χ4v) is 7.00. The van der Waals surface area contributed by atoms with Crippen molar-refractivity contribution in [3.8, 4) is 0 Å². The molecule has 3 aliphatic rings. The Morgan fingerprint density at radius 1 is 0.938 bits per heavy atom. The smallest absolute Gasteiger partial charge is 0.265 e. The van der Waals surface area contributed by atoms with Crippen LogP contribution in [-0.2, 0) is 6.54 Å². The maximum atomic E-state index is 8.49. The van der Waals surface area contributed by atoms with Gasteiger partial charge in [-0.1, -0.05) is 47.4 Å². The number of aryl methyl sites for hydroxylation is 1. The van der Waals surface area contributed by atoms with Gasteiger partial charge in [0.25, 0.3) is 5.01 Å². The van der Waals surface area contributed by atoms with Crippen molar-refractivity contribution < 1.29 is 33.4 Å². The van der Waals surface area contributed by atoms with Gasteiger partial charge in [0.05, 0.1) is 10.7 Å². The van der Waals surface area contributed by atoms with Gasteiger partial charge in [0.1, 0.15) is 4.70 Å². The molecule has 2 aromatic carbocycles. The third-order valence-electron chi connectivity index (χ3n) is 5.77. The minimum atomic E-state index is -4.94. The first kappa shape index (κ1) is 21.9. The molecule has 1 aromatic heterocycles. The maximum Gasteiger partial charge on any atom is 0.265 e. The highest BCUT2D eigenvalue weighted by Gasteiger charge is 2.32. The second-order valence-electron chi connectivity index (χ2n) is 7.83. The highest BCUT2D eigenvalue weighted by molar-refractivity contribution is 8.03. The van der Waals surface area contributed by atoms with Gasteiger partial charge in [-0.15, -0.1) is 10.2 Å². The molecule has 32 heavy (non-hydrogen) atoms. The molecule has 6 nitrogen and oxygen atoms in total. The van der Waals surface area contributed by atoms with Crippen molar-refractivity contribution in [2.75, 3.05) is 11.4 Å². The van der Waals surface area contributed by atoms with Crippen molar-refractivity contribution in [3.63, 3.8) is 0 Å². The summed E-state index contributed by atoms with van der Waals surface area (Å²) in [5, 5.41) is 2.93. The van der Waals surface area contributed by atoms with Gasteiger partial charge in [0, 0.05) is 29.5 Å². The van der Waals surface area contributed by atoms with Crippen LogP contribution in [0.15, 0.2) is 70.1 Å². The molecule has 3 aliphatic heterocycles. The molecular weight excluding hydrogens is 468 g/mol. The van der Waals surface area contributed by atoms with Crippen molar-refractivity contribution in [1.82, 2.24) is 0 Å². The SMILES string of the molecule is C(=C1CCC[n+]2c1sc1ccccc12)C1=C2Sc3ccccc3N2CCC1.[O-][Cl+3]([O-])([O-])[O-]. The number of nitrogens with zero attached hydrogens (tertiary/aromatic N) is 2. The van der Waals surface area contributed by atoms with E-state index in [1.165, 1.54) is 67.7 Å². The predicted octanol–water partition coefficient (Wildman–Crippen LogP) is 1.23. The Kier molecular flexibility index (Phi) is 6.02. The van der Waals surface area contributed by atoms with Gasteiger partial charge in [0.15, 0.2) is 6.54 Å². The van der Waals surface area contributed by atoms with E-state index in [0.29, 0.717) is 0 Å². The van der Waals surface area contributed by atoms with Gasteiger partial charge in [-0.25, -0.2) is 18.6 Å². The van der Waals surface area contributed by atoms with E-state index in [1.54, 1.807) is 0 Å². The van der Waals surface area contributed by atoms with E-state index >= 15 is 0 Å². The molecule has 0 saturated carbocycles. The number of thioether (sulfide) groups is 1. The van der Waals surface area contributed by atoms with E-state index in [0.717, 1.165) is 13.1 Å². The van der Waals surface area contributed by atoms with Gasteiger partial charge in [-0.3, -0.25) is 0 Å². The van der Waals surface area contributed by atoms with Crippen molar-refractivity contribution in [2.24, 2.45) is 0 Å². The molecule has 166 valence electrons. The third-order valence-corrected chi connectivity index (χ3v) is 8.25. The highest BCUT2D eigenvalue weighted by atomic mass is 35.7. The fourth-order valence-electron chi connectivity index (χ4n) is 4.54. The zero-order valence-electron chi connectivity index (χ0n) is 17.2. The second kappa shape index (κ2) is 8.79. The maximum absolute atomic E-state index is 8.49. The van der Waals surface area contributed by atoms with Crippen molar-refractivity contribution in [3.05, 3.63) is 70.2 Å². The molecule has 0 atom stereocenters. The van der Waals surface area contributed by atoms with Crippen LogP contribution in [0.2, 0.25) is 0 Å². The molecule has 0 amide bonds. The summed E-state index contributed by atoms with van der Waals surface area (Å²) in [6.07, 6.45) is 7.40. The minimum Gasteiger partial charge on any atom is -0.335 e. The van der Waals surface area contributed by atoms with Gasteiger partial charge < -0.3 is 4.90 Å². The van der Waals surface area contributed by atoms with E-state index in [2.05, 4.69) is 64.1 Å². The second-order valence-corrected chi connectivity index (χ2v) is 10.7. The van der Waals surface area contributed by atoms with Crippen LogP contribution >= 0.6 is 23.1 Å². The Labute approximate surface area is 196 Å². The van der Waals surface area contributed by atoms with Gasteiger partial charge in [-0.2, -0.15) is 4.57 Å². The molecule has 0 spiro atoms. The van der Waals surface area contributed by atoms with Crippen LogP contribution in [0.1, 0.15) is 30.7 Å². The lowest BCUT2D eigenvalue weighted by molar-refractivity contribution is -2.00. The Bertz CT molecular complexity index is 1230. The summed E-state index contributed by atoms with van der Waals surface area (Å²) in [5.74, 6) is 0. The summed E-state index contributed by atoms with van der Waals surface area (Å²) in [5.41, 5.74) is 5.86. The first-order chi connectivity index (χ1) is 15.4. The number of aromatic nitrogens is 1. The van der Waals surface area contributed by atoms with Gasteiger partial charge in [-0.05, 0) is 49.1 Å². The summed E-state index contributed by atoms with van der Waals surface area (Å²) in [6, 6.07) is 17.7. The van der Waals surface area contributed by atoms with Crippen LogP contribution in [-0.4, -0.2) is 6.54 Å². The summed E-state index contributed by atoms with van der Waals surface area (Å²) >= 11 is 3.92. The molecule has 6 rings (SSSR count). The summed E-state index contributed by atoms with van der Waals surface area (Å²) in [4.78, 5) is 3.95. The number of para-hydroxylation sites is 2. The number of allylic oxidation sites excluding steroid dienone is 3. The van der Waals surface area contributed by atoms with Crippen LogP contribution in [0.3, 0.4) is 0 Å². The zero-order valence-corrected chi connectivity index (χ0v) is 19.5. The van der Waals surface area contributed by atoms with Gasteiger partial charge >= 0.3 is 0 Å². The molecule has 0 aliphatic carbocycles. The van der Waals surface area contributed by atoms with Crippen LogP contribution in [0.5, 0.6) is 0 Å². The first-order valence-corrected chi connectivity index (χ1v) is 13.3. The lowest BCUT2D eigenvalue weighted by Gasteiger charge is -2.27. The monoisotopic (exact) mass is 488 g/mol. The number of benzene rings is 2. The molecule has 0 saturated heterocycles. The van der Waals surface area contributed by atoms with Crippen LogP contribution in [0, 0.1) is 10.2 Å². The summed E-state index contributed by atoms with van der Waals surface area (Å²) < 4.78 is 37.9. The lowest BCUT2D eigenvalue weighted by atomic mass is 10.00. The van der Waals surface area contributed by atoms with Crippen molar-refractivity contribution in [1.29, 1.82) is 0 Å². The Hall–Kier alpha value is -1.91. The molecule has 0 unspecified atom stereocenters. The standard InChI is InChI=1S/C23H21N2S2.ClHO4/c1-3-11-20-18(9-1)24-13-5-7-16(22(24)26-20)15-17-8-6-14-25-19-10-2-4-12-21(19)27-23(17)25;2-1(3,4)5/h1-4,9-12,15H,5-8,13-14H2;(H,2,3,4,5)/q+1;/p-1. The fraction of sp³-hybridized carbons (Fsp3) is 0.261. The molecular formula is C23H21ClN2O4S2. The molecule has 0 bridgehead atoms. The topological polar surface area (TPSA) is 99.4 Å². The van der Waals surface area contributed by atoms with E-state index < -0.39 is 10.2 Å². The van der Waals surface area contributed by atoms with E-state index in [-0.39, 0.29) is 0 Å². The van der Waals surface area contributed by atoms with E-state index in [4.69, 9.17) is 18.6 Å². The van der Waals surface area contributed by atoms with E-state index in [9.17, 15) is 0 Å². The zero-order chi connectivity index (χ0) is 22.3. The average Bonchev–Trinajstić information content (AvgIpc) is 3.32. The van der Waals surface area contributed by atoms with Crippen molar-refractivity contribution >= 4 is 44.6 Å². The number of hydrogen-bond donors (Lipinski definition) is 0. The van der Waals surface area contributed by atoms with Crippen LogP contribution in [0.25, 0.3) is 15.8 Å².